The van der Waals surface area contributed by atoms with E-state index in [0.29, 0.717) is 16.7 Å². The maximum atomic E-state index is 9.02. The van der Waals surface area contributed by atoms with Gasteiger partial charge in [-0.15, -0.1) is 0 Å². The minimum absolute atomic E-state index is 0.304. The van der Waals surface area contributed by atoms with E-state index in [4.69, 9.17) is 5.21 Å². The van der Waals surface area contributed by atoms with E-state index < -0.39 is 0 Å². The van der Waals surface area contributed by atoms with E-state index in [1.165, 1.54) is 18.4 Å². The number of rotatable bonds is 2. The fourth-order valence-corrected chi connectivity index (χ4v) is 3.39. The van der Waals surface area contributed by atoms with E-state index in [1.807, 2.05) is 0 Å². The van der Waals surface area contributed by atoms with Crippen molar-refractivity contribution in [2.45, 2.75) is 47.0 Å². The Bertz CT molecular complexity index is 340. The number of oxime groups is 1. The standard InChI is InChI=1S/C13H21NO/c1-5-11(14-15)9-8-13(4)7-6-10(9)12(13,2)3/h8,10,15H,5-7H2,1-4H3/b14-11-/t10-,13+/m1/s1. The molecule has 15 heavy (non-hydrogen) atoms. The lowest BCUT2D eigenvalue weighted by Gasteiger charge is -2.34. The molecule has 0 saturated heterocycles. The second-order valence-corrected chi connectivity index (χ2v) is 5.73. The highest BCUT2D eigenvalue weighted by atomic mass is 16.4. The summed E-state index contributed by atoms with van der Waals surface area (Å²) in [5.74, 6) is 0.591. The Morgan fingerprint density at radius 2 is 2.20 bits per heavy atom. The van der Waals surface area contributed by atoms with Crippen molar-refractivity contribution in [2.24, 2.45) is 21.9 Å². The van der Waals surface area contributed by atoms with Crippen LogP contribution >= 0.6 is 0 Å². The first kappa shape index (κ1) is 10.7. The Morgan fingerprint density at radius 1 is 1.53 bits per heavy atom. The van der Waals surface area contributed by atoms with Crippen LogP contribution in [-0.2, 0) is 0 Å². The van der Waals surface area contributed by atoms with Crippen molar-refractivity contribution in [1.29, 1.82) is 0 Å². The summed E-state index contributed by atoms with van der Waals surface area (Å²) in [6.07, 6.45) is 5.70. The third-order valence-electron chi connectivity index (χ3n) is 4.93. The van der Waals surface area contributed by atoms with Crippen molar-refractivity contribution in [3.8, 4) is 0 Å². The summed E-state index contributed by atoms with van der Waals surface area (Å²) in [4.78, 5) is 0. The van der Waals surface area contributed by atoms with Crippen LogP contribution in [-0.4, -0.2) is 10.9 Å². The van der Waals surface area contributed by atoms with Gasteiger partial charge in [-0.1, -0.05) is 38.9 Å². The van der Waals surface area contributed by atoms with E-state index in [-0.39, 0.29) is 0 Å². The molecule has 2 aliphatic rings. The molecule has 0 unspecified atom stereocenters. The first-order valence-electron chi connectivity index (χ1n) is 5.90. The van der Waals surface area contributed by atoms with Crippen LogP contribution in [0.1, 0.15) is 47.0 Å². The zero-order valence-corrected chi connectivity index (χ0v) is 10.2. The summed E-state index contributed by atoms with van der Waals surface area (Å²) in [6, 6.07) is 0. The van der Waals surface area contributed by atoms with Crippen LogP contribution in [0.4, 0.5) is 0 Å². The zero-order chi connectivity index (χ0) is 11.3. The van der Waals surface area contributed by atoms with Gasteiger partial charge in [-0.3, -0.25) is 0 Å². The number of hydrogen-bond acceptors (Lipinski definition) is 2. The van der Waals surface area contributed by atoms with Crippen molar-refractivity contribution >= 4 is 5.71 Å². The van der Waals surface area contributed by atoms with Crippen LogP contribution in [0.15, 0.2) is 16.8 Å². The number of nitrogens with zero attached hydrogens (tertiary/aromatic N) is 1. The number of allylic oxidation sites excluding steroid dienone is 2. The molecule has 2 nitrogen and oxygen atoms in total. The Kier molecular flexibility index (Phi) is 2.21. The predicted molar refractivity (Wildman–Crippen MR) is 62.2 cm³/mol. The number of hydrogen-bond donors (Lipinski definition) is 1. The van der Waals surface area contributed by atoms with Crippen LogP contribution < -0.4 is 0 Å². The van der Waals surface area contributed by atoms with Gasteiger partial charge in [-0.25, -0.2) is 0 Å². The molecule has 2 heteroatoms. The van der Waals surface area contributed by atoms with E-state index in [9.17, 15) is 0 Å². The van der Waals surface area contributed by atoms with Crippen molar-refractivity contribution in [3.05, 3.63) is 11.6 Å². The Morgan fingerprint density at radius 3 is 2.53 bits per heavy atom. The Hall–Kier alpha value is -0.790. The predicted octanol–water partition coefficient (Wildman–Crippen LogP) is 3.61. The van der Waals surface area contributed by atoms with Crippen molar-refractivity contribution in [2.75, 3.05) is 0 Å². The molecule has 2 bridgehead atoms. The molecule has 0 heterocycles. The molecular formula is C13H21NO. The van der Waals surface area contributed by atoms with Gasteiger partial charge in [0.15, 0.2) is 0 Å². The minimum atomic E-state index is 0.304. The van der Waals surface area contributed by atoms with Gasteiger partial charge in [0.2, 0.25) is 0 Å². The van der Waals surface area contributed by atoms with Crippen LogP contribution in [0.5, 0.6) is 0 Å². The molecule has 1 saturated carbocycles. The van der Waals surface area contributed by atoms with Gasteiger partial charge in [-0.2, -0.15) is 0 Å². The molecule has 84 valence electrons. The molecule has 1 fully saturated rings. The third-order valence-corrected chi connectivity index (χ3v) is 4.93. The molecule has 0 spiro atoms. The lowest BCUT2D eigenvalue weighted by Crippen LogP contribution is -2.27. The van der Waals surface area contributed by atoms with Crippen molar-refractivity contribution in [1.82, 2.24) is 0 Å². The molecule has 0 amide bonds. The largest absolute Gasteiger partial charge is 0.411 e. The zero-order valence-electron chi connectivity index (χ0n) is 10.2. The quantitative estimate of drug-likeness (QED) is 0.419. The highest BCUT2D eigenvalue weighted by Gasteiger charge is 2.56. The molecule has 2 rings (SSSR count). The SMILES string of the molecule is CC/C(=N/O)C1=C[C@]2(C)CC[C@H]1C2(C)C. The fraction of sp³-hybridized carbons (Fsp3) is 0.769. The second-order valence-electron chi connectivity index (χ2n) is 5.73. The van der Waals surface area contributed by atoms with E-state index >= 15 is 0 Å². The monoisotopic (exact) mass is 207 g/mol. The second kappa shape index (κ2) is 3.10. The number of fused-ring (bicyclic) bond motifs is 2. The highest BCUT2D eigenvalue weighted by Crippen LogP contribution is 2.64. The van der Waals surface area contributed by atoms with Gasteiger partial charge >= 0.3 is 0 Å². The average Bonchev–Trinajstić information content (AvgIpc) is 2.50. The molecule has 0 aromatic rings. The van der Waals surface area contributed by atoms with Crippen LogP contribution in [0.3, 0.4) is 0 Å². The van der Waals surface area contributed by atoms with Gasteiger partial charge in [0.05, 0.1) is 5.71 Å². The molecule has 0 aliphatic heterocycles. The maximum absolute atomic E-state index is 9.02. The first-order valence-corrected chi connectivity index (χ1v) is 5.90. The lowest BCUT2D eigenvalue weighted by molar-refractivity contribution is 0.180. The normalized spacial score (nSPS) is 38.3. The summed E-state index contributed by atoms with van der Waals surface area (Å²) in [6.45, 7) is 9.08. The summed E-state index contributed by atoms with van der Waals surface area (Å²) < 4.78 is 0. The highest BCUT2D eigenvalue weighted by molar-refractivity contribution is 6.01. The molecule has 1 N–H and O–H groups in total. The molecule has 0 aromatic carbocycles. The molecule has 0 aromatic heterocycles. The van der Waals surface area contributed by atoms with Crippen LogP contribution in [0.2, 0.25) is 0 Å². The van der Waals surface area contributed by atoms with Crippen molar-refractivity contribution in [3.63, 3.8) is 0 Å². The Balaban J connectivity index is 2.41. The van der Waals surface area contributed by atoms with E-state index in [0.717, 1.165) is 12.1 Å². The fourth-order valence-electron chi connectivity index (χ4n) is 3.39. The molecular weight excluding hydrogens is 186 g/mol. The van der Waals surface area contributed by atoms with Crippen LogP contribution in [0.25, 0.3) is 0 Å². The summed E-state index contributed by atoms with van der Waals surface area (Å²) >= 11 is 0. The summed E-state index contributed by atoms with van der Waals surface area (Å²) in [5, 5.41) is 12.5. The van der Waals surface area contributed by atoms with Gasteiger partial charge in [-0.05, 0) is 41.6 Å². The van der Waals surface area contributed by atoms with E-state index in [1.54, 1.807) is 0 Å². The van der Waals surface area contributed by atoms with Crippen LogP contribution in [0, 0.1) is 16.7 Å². The summed E-state index contributed by atoms with van der Waals surface area (Å²) in [5.41, 5.74) is 2.82. The van der Waals surface area contributed by atoms with Gasteiger partial charge in [0, 0.05) is 0 Å². The third kappa shape index (κ3) is 1.20. The Labute approximate surface area is 92.1 Å². The summed E-state index contributed by atoms with van der Waals surface area (Å²) in [7, 11) is 0. The lowest BCUT2D eigenvalue weighted by atomic mass is 9.70. The first-order chi connectivity index (χ1) is 6.96. The van der Waals surface area contributed by atoms with Gasteiger partial charge in [0.25, 0.3) is 0 Å². The van der Waals surface area contributed by atoms with E-state index in [2.05, 4.69) is 38.9 Å². The molecule has 0 radical (unpaired) electrons. The van der Waals surface area contributed by atoms with Gasteiger partial charge in [0.1, 0.15) is 0 Å². The topological polar surface area (TPSA) is 32.6 Å². The van der Waals surface area contributed by atoms with Gasteiger partial charge < -0.3 is 5.21 Å². The maximum Gasteiger partial charge on any atom is 0.0824 e. The average molecular weight is 207 g/mol. The minimum Gasteiger partial charge on any atom is -0.411 e. The molecule has 2 aliphatic carbocycles. The van der Waals surface area contributed by atoms with Crippen molar-refractivity contribution < 1.29 is 5.21 Å². The smallest absolute Gasteiger partial charge is 0.0824 e. The molecule has 2 atom stereocenters.